The molecule has 0 aliphatic heterocycles. The van der Waals surface area contributed by atoms with Crippen LogP contribution in [0.5, 0.6) is 0 Å². The van der Waals surface area contributed by atoms with Crippen molar-refractivity contribution in [1.82, 2.24) is 4.98 Å². The Labute approximate surface area is 99.4 Å². The minimum absolute atomic E-state index is 0.162. The van der Waals surface area contributed by atoms with E-state index in [4.69, 9.17) is 9.47 Å². The summed E-state index contributed by atoms with van der Waals surface area (Å²) in [5, 5.41) is 0. The molecule has 1 aromatic rings. The summed E-state index contributed by atoms with van der Waals surface area (Å²) in [6, 6.07) is 3.41. The quantitative estimate of drug-likeness (QED) is 0.622. The van der Waals surface area contributed by atoms with Crippen LogP contribution in [-0.4, -0.2) is 30.1 Å². The van der Waals surface area contributed by atoms with Crippen molar-refractivity contribution in [3.8, 4) is 0 Å². The molecule has 1 N–H and O–H groups in total. The second-order valence-electron chi connectivity index (χ2n) is 3.11. The van der Waals surface area contributed by atoms with E-state index in [1.807, 2.05) is 0 Å². The summed E-state index contributed by atoms with van der Waals surface area (Å²) in [5.41, 5.74) is 0.687. The number of esters is 2. The van der Waals surface area contributed by atoms with Gasteiger partial charge >= 0.3 is 11.9 Å². The summed E-state index contributed by atoms with van der Waals surface area (Å²) in [7, 11) is 0. The molecule has 0 spiro atoms. The molecule has 5 heteroatoms. The minimum atomic E-state index is -0.565. The maximum Gasteiger partial charge on any atom is 0.340 e. The van der Waals surface area contributed by atoms with E-state index in [1.165, 1.54) is 0 Å². The molecule has 0 aromatic carbocycles. The molecule has 1 aromatic heterocycles. The van der Waals surface area contributed by atoms with Crippen LogP contribution in [-0.2, 0) is 19.1 Å². The molecule has 5 nitrogen and oxygen atoms in total. The fraction of sp³-hybridized carbons (Fsp3) is 0.333. The van der Waals surface area contributed by atoms with Gasteiger partial charge in [-0.2, -0.15) is 0 Å². The third-order valence-corrected chi connectivity index (χ3v) is 1.93. The highest BCUT2D eigenvalue weighted by molar-refractivity contribution is 6.19. The van der Waals surface area contributed by atoms with Gasteiger partial charge in [-0.25, -0.2) is 9.59 Å². The smallest absolute Gasteiger partial charge is 0.340 e. The first-order valence-electron chi connectivity index (χ1n) is 5.38. The Kier molecular flexibility index (Phi) is 5.00. The number of rotatable bonds is 5. The van der Waals surface area contributed by atoms with E-state index < -0.39 is 11.9 Å². The molecule has 0 amide bonds. The van der Waals surface area contributed by atoms with Gasteiger partial charge in [0.1, 0.15) is 0 Å². The number of aromatic amines is 1. The first kappa shape index (κ1) is 13.0. The molecule has 0 aliphatic rings. The van der Waals surface area contributed by atoms with Gasteiger partial charge in [-0.05, 0) is 26.0 Å². The summed E-state index contributed by atoms with van der Waals surface area (Å²) < 4.78 is 9.63. The normalized spacial score (nSPS) is 11.1. The molecule has 17 heavy (non-hydrogen) atoms. The largest absolute Gasteiger partial charge is 0.463 e. The van der Waals surface area contributed by atoms with Crippen LogP contribution >= 0.6 is 0 Å². The van der Waals surface area contributed by atoms with Crippen LogP contribution < -0.4 is 0 Å². The zero-order valence-corrected chi connectivity index (χ0v) is 9.86. The zero-order chi connectivity index (χ0) is 12.7. The molecule has 1 rings (SSSR count). The van der Waals surface area contributed by atoms with Gasteiger partial charge in [-0.15, -0.1) is 0 Å². The Hall–Kier alpha value is -2.04. The highest BCUT2D eigenvalue weighted by atomic mass is 16.5. The Morgan fingerprint density at radius 3 is 2.53 bits per heavy atom. The second-order valence-corrected chi connectivity index (χ2v) is 3.11. The number of ether oxygens (including phenoxy) is 2. The molecule has 0 bridgehead atoms. The zero-order valence-electron chi connectivity index (χ0n) is 9.86. The van der Waals surface area contributed by atoms with Crippen molar-refractivity contribution >= 4 is 17.5 Å². The summed E-state index contributed by atoms with van der Waals surface area (Å²) in [6.07, 6.45) is 2.79. The molecule has 0 saturated heterocycles. The van der Waals surface area contributed by atoms with Gasteiger partial charge in [-0.3, -0.25) is 0 Å². The van der Waals surface area contributed by atoms with Crippen LogP contribution in [0.15, 0.2) is 24.4 Å². The molecular formula is C12H15NO4. The van der Waals surface area contributed by atoms with Gasteiger partial charge in [0.05, 0.1) is 24.5 Å². The lowest BCUT2D eigenvalue weighted by Gasteiger charge is -2.05. The number of nitrogens with one attached hydrogen (secondary N) is 1. The SMILES string of the molecule is CCOC(=O)/C=C(/C(=O)OCC)c1ccc[nH]1. The van der Waals surface area contributed by atoms with Gasteiger partial charge in [0, 0.05) is 12.3 Å². The summed E-state index contributed by atoms with van der Waals surface area (Å²) in [6.45, 7) is 3.91. The first-order valence-corrected chi connectivity index (χ1v) is 5.38. The molecule has 0 fully saturated rings. The van der Waals surface area contributed by atoms with Gasteiger partial charge in [0.15, 0.2) is 0 Å². The lowest BCUT2D eigenvalue weighted by Crippen LogP contribution is -2.10. The Morgan fingerprint density at radius 1 is 1.29 bits per heavy atom. The van der Waals surface area contributed by atoms with Crippen LogP contribution in [0.2, 0.25) is 0 Å². The Bertz CT molecular complexity index is 406. The minimum Gasteiger partial charge on any atom is -0.463 e. The summed E-state index contributed by atoms with van der Waals surface area (Å²) in [4.78, 5) is 25.8. The number of H-pyrrole nitrogens is 1. The standard InChI is InChI=1S/C12H15NO4/c1-3-16-11(14)8-9(12(15)17-4-2)10-6-5-7-13-10/h5-8,13H,3-4H2,1-2H3/b9-8+. The maximum absolute atomic E-state index is 11.7. The van der Waals surface area contributed by atoms with Crippen molar-refractivity contribution < 1.29 is 19.1 Å². The molecule has 0 atom stereocenters. The molecule has 92 valence electrons. The van der Waals surface area contributed by atoms with Crippen molar-refractivity contribution in [1.29, 1.82) is 0 Å². The van der Waals surface area contributed by atoms with Gasteiger partial charge < -0.3 is 14.5 Å². The maximum atomic E-state index is 11.7. The molecular weight excluding hydrogens is 222 g/mol. The lowest BCUT2D eigenvalue weighted by atomic mass is 10.2. The van der Waals surface area contributed by atoms with Crippen molar-refractivity contribution in [2.45, 2.75) is 13.8 Å². The fourth-order valence-corrected chi connectivity index (χ4v) is 1.26. The van der Waals surface area contributed by atoms with Crippen molar-refractivity contribution in [2.24, 2.45) is 0 Å². The topological polar surface area (TPSA) is 68.4 Å². The van der Waals surface area contributed by atoms with E-state index in [1.54, 1.807) is 32.2 Å². The highest BCUT2D eigenvalue weighted by Gasteiger charge is 2.16. The predicted molar refractivity (Wildman–Crippen MR) is 62.0 cm³/mol. The van der Waals surface area contributed by atoms with Gasteiger partial charge in [-0.1, -0.05) is 0 Å². The van der Waals surface area contributed by atoms with E-state index in [-0.39, 0.29) is 18.8 Å². The van der Waals surface area contributed by atoms with Crippen molar-refractivity contribution in [3.05, 3.63) is 30.1 Å². The van der Waals surface area contributed by atoms with Crippen LogP contribution in [0.4, 0.5) is 0 Å². The molecule has 0 unspecified atom stereocenters. The van der Waals surface area contributed by atoms with Gasteiger partial charge in [0.25, 0.3) is 0 Å². The summed E-state index contributed by atoms with van der Waals surface area (Å²) >= 11 is 0. The van der Waals surface area contributed by atoms with Crippen LogP contribution in [0.3, 0.4) is 0 Å². The third-order valence-electron chi connectivity index (χ3n) is 1.93. The van der Waals surface area contributed by atoms with Crippen LogP contribution in [0, 0.1) is 0 Å². The number of aromatic nitrogens is 1. The number of carbonyl (C=O) groups excluding carboxylic acids is 2. The Balaban J connectivity index is 2.94. The fourth-order valence-electron chi connectivity index (χ4n) is 1.26. The molecule has 1 heterocycles. The lowest BCUT2D eigenvalue weighted by molar-refractivity contribution is -0.139. The van der Waals surface area contributed by atoms with E-state index in [2.05, 4.69) is 4.98 Å². The van der Waals surface area contributed by atoms with E-state index in [0.717, 1.165) is 6.08 Å². The average Bonchev–Trinajstić information content (AvgIpc) is 2.79. The van der Waals surface area contributed by atoms with E-state index in [0.29, 0.717) is 5.69 Å². The summed E-state index contributed by atoms with van der Waals surface area (Å²) in [5.74, 6) is -1.12. The second kappa shape index (κ2) is 6.52. The first-order chi connectivity index (χ1) is 8.19. The number of carbonyl (C=O) groups is 2. The molecule has 0 radical (unpaired) electrons. The van der Waals surface area contributed by atoms with E-state index in [9.17, 15) is 9.59 Å². The average molecular weight is 237 g/mol. The van der Waals surface area contributed by atoms with Crippen molar-refractivity contribution in [3.63, 3.8) is 0 Å². The number of hydrogen-bond donors (Lipinski definition) is 1. The highest BCUT2D eigenvalue weighted by Crippen LogP contribution is 2.14. The molecule has 0 saturated carbocycles. The number of hydrogen-bond acceptors (Lipinski definition) is 4. The third kappa shape index (κ3) is 3.79. The van der Waals surface area contributed by atoms with E-state index >= 15 is 0 Å². The monoisotopic (exact) mass is 237 g/mol. The molecule has 0 aliphatic carbocycles. The van der Waals surface area contributed by atoms with Crippen LogP contribution in [0.1, 0.15) is 19.5 Å². The predicted octanol–water partition coefficient (Wildman–Crippen LogP) is 1.52. The van der Waals surface area contributed by atoms with Gasteiger partial charge in [0.2, 0.25) is 0 Å². The van der Waals surface area contributed by atoms with Crippen LogP contribution in [0.25, 0.3) is 5.57 Å². The van der Waals surface area contributed by atoms with Crippen molar-refractivity contribution in [2.75, 3.05) is 13.2 Å². The Morgan fingerprint density at radius 2 is 2.00 bits per heavy atom.